The topological polar surface area (TPSA) is 50.8 Å². The molecule has 4 rings (SSSR count). The number of likely N-dealkylation sites (N-methyl/N-ethyl adjacent to an activating group) is 1. The van der Waals surface area contributed by atoms with Crippen molar-refractivity contribution in [3.05, 3.63) is 58.6 Å². The number of amides is 1. The second-order valence-electron chi connectivity index (χ2n) is 8.57. The van der Waals surface area contributed by atoms with Crippen LogP contribution < -0.4 is 14.8 Å². The van der Waals surface area contributed by atoms with E-state index in [-0.39, 0.29) is 17.4 Å². The number of nitrogens with one attached hydrogen (secondary N) is 1. The molecule has 1 aliphatic carbocycles. The summed E-state index contributed by atoms with van der Waals surface area (Å²) in [6, 6.07) is 13.6. The molecular formula is C24H29ClN2O3. The number of fused-ring (bicyclic) bond motifs is 1. The molecule has 1 saturated carbocycles. The summed E-state index contributed by atoms with van der Waals surface area (Å²) in [7, 11) is 5.52. The van der Waals surface area contributed by atoms with E-state index in [9.17, 15) is 4.79 Å². The Hall–Kier alpha value is -2.24. The molecule has 1 saturated heterocycles. The quantitative estimate of drug-likeness (QED) is 0.777. The standard InChI is InChI=1S/C24H29ClN2O3/c1-27-14-18-12-20(26-23(28)16-5-4-6-19(25)11-16)9-10-24(18,15-27)17-7-8-21(29-2)22(13-17)30-3/h4-8,11,13,18,20H,9-10,12,14-15H2,1-3H3,(H,26,28). The largest absolute Gasteiger partial charge is 0.493 e. The maximum absolute atomic E-state index is 12.7. The number of nitrogens with zero attached hydrogens (tertiary/aromatic N) is 1. The maximum Gasteiger partial charge on any atom is 0.251 e. The Morgan fingerprint density at radius 1 is 1.17 bits per heavy atom. The Bertz CT molecular complexity index is 934. The van der Waals surface area contributed by atoms with Crippen LogP contribution in [0.25, 0.3) is 0 Å². The zero-order chi connectivity index (χ0) is 21.3. The Labute approximate surface area is 183 Å². The van der Waals surface area contributed by atoms with Gasteiger partial charge in [-0.05, 0) is 68.1 Å². The molecular weight excluding hydrogens is 400 g/mol. The normalized spacial score (nSPS) is 26.1. The van der Waals surface area contributed by atoms with Crippen molar-refractivity contribution < 1.29 is 14.3 Å². The van der Waals surface area contributed by atoms with Crippen LogP contribution in [0, 0.1) is 5.92 Å². The van der Waals surface area contributed by atoms with Crippen molar-refractivity contribution in [1.82, 2.24) is 10.2 Å². The molecule has 0 bridgehead atoms. The van der Waals surface area contributed by atoms with Gasteiger partial charge in [-0.2, -0.15) is 0 Å². The summed E-state index contributed by atoms with van der Waals surface area (Å²) in [5.74, 6) is 1.95. The lowest BCUT2D eigenvalue weighted by Gasteiger charge is -2.43. The van der Waals surface area contributed by atoms with Gasteiger partial charge in [0.05, 0.1) is 14.2 Å². The van der Waals surface area contributed by atoms with E-state index in [0.717, 1.165) is 43.9 Å². The van der Waals surface area contributed by atoms with Crippen LogP contribution in [0.5, 0.6) is 11.5 Å². The summed E-state index contributed by atoms with van der Waals surface area (Å²) in [6.45, 7) is 2.04. The van der Waals surface area contributed by atoms with Crippen molar-refractivity contribution in [3.8, 4) is 11.5 Å². The van der Waals surface area contributed by atoms with Gasteiger partial charge < -0.3 is 19.7 Å². The second-order valence-corrected chi connectivity index (χ2v) is 9.01. The van der Waals surface area contributed by atoms with Crippen LogP contribution in [-0.2, 0) is 5.41 Å². The molecule has 2 aromatic carbocycles. The first-order chi connectivity index (χ1) is 14.4. The Morgan fingerprint density at radius 2 is 1.97 bits per heavy atom. The first-order valence-electron chi connectivity index (χ1n) is 10.4. The fourth-order valence-electron chi connectivity index (χ4n) is 5.35. The Balaban J connectivity index is 1.54. The van der Waals surface area contributed by atoms with Gasteiger partial charge in [0, 0.05) is 35.1 Å². The zero-order valence-corrected chi connectivity index (χ0v) is 18.5. The van der Waals surface area contributed by atoms with E-state index < -0.39 is 0 Å². The molecule has 0 radical (unpaired) electrons. The first kappa shape index (κ1) is 21.0. The number of halogens is 1. The van der Waals surface area contributed by atoms with Gasteiger partial charge in [-0.3, -0.25) is 4.79 Å². The van der Waals surface area contributed by atoms with E-state index in [1.165, 1.54) is 5.56 Å². The van der Waals surface area contributed by atoms with Gasteiger partial charge in [0.1, 0.15) is 0 Å². The van der Waals surface area contributed by atoms with Crippen molar-refractivity contribution in [2.75, 3.05) is 34.4 Å². The Morgan fingerprint density at radius 3 is 2.70 bits per heavy atom. The lowest BCUT2D eigenvalue weighted by molar-refractivity contribution is 0.0904. The van der Waals surface area contributed by atoms with Gasteiger partial charge in [0.15, 0.2) is 11.5 Å². The molecule has 1 amide bonds. The van der Waals surface area contributed by atoms with Crippen LogP contribution in [0.4, 0.5) is 0 Å². The highest BCUT2D eigenvalue weighted by molar-refractivity contribution is 6.30. The minimum atomic E-state index is -0.0486. The van der Waals surface area contributed by atoms with Crippen molar-refractivity contribution >= 4 is 17.5 Å². The second kappa shape index (κ2) is 8.48. The summed E-state index contributed by atoms with van der Waals surface area (Å²) in [5.41, 5.74) is 1.99. The minimum absolute atomic E-state index is 0.0486. The predicted molar refractivity (Wildman–Crippen MR) is 119 cm³/mol. The van der Waals surface area contributed by atoms with Gasteiger partial charge in [-0.15, -0.1) is 0 Å². The molecule has 2 aliphatic rings. The molecule has 3 unspecified atom stereocenters. The molecule has 5 nitrogen and oxygen atoms in total. The predicted octanol–water partition coefficient (Wildman–Crippen LogP) is 4.14. The monoisotopic (exact) mass is 428 g/mol. The van der Waals surface area contributed by atoms with Gasteiger partial charge >= 0.3 is 0 Å². The highest BCUT2D eigenvalue weighted by Gasteiger charge is 2.50. The number of rotatable bonds is 5. The lowest BCUT2D eigenvalue weighted by atomic mass is 9.63. The van der Waals surface area contributed by atoms with Crippen LogP contribution >= 0.6 is 11.6 Å². The van der Waals surface area contributed by atoms with Crippen molar-refractivity contribution in [1.29, 1.82) is 0 Å². The van der Waals surface area contributed by atoms with E-state index in [0.29, 0.717) is 16.5 Å². The number of benzene rings is 2. The van der Waals surface area contributed by atoms with E-state index in [2.05, 4.69) is 29.4 Å². The number of ether oxygens (including phenoxy) is 2. The van der Waals surface area contributed by atoms with Gasteiger partial charge in [-0.1, -0.05) is 23.7 Å². The molecule has 1 heterocycles. The van der Waals surface area contributed by atoms with Crippen molar-refractivity contribution in [2.45, 2.75) is 30.7 Å². The van der Waals surface area contributed by atoms with E-state index in [1.807, 2.05) is 12.1 Å². The molecule has 6 heteroatoms. The molecule has 1 aliphatic heterocycles. The van der Waals surface area contributed by atoms with Crippen LogP contribution in [0.1, 0.15) is 35.2 Å². The van der Waals surface area contributed by atoms with Crippen molar-refractivity contribution in [2.24, 2.45) is 5.92 Å². The summed E-state index contributed by atoms with van der Waals surface area (Å²) in [4.78, 5) is 15.1. The summed E-state index contributed by atoms with van der Waals surface area (Å²) in [5, 5.41) is 3.82. The molecule has 2 aromatic rings. The molecule has 2 fully saturated rings. The zero-order valence-electron chi connectivity index (χ0n) is 17.8. The molecule has 160 valence electrons. The minimum Gasteiger partial charge on any atom is -0.493 e. The number of likely N-dealkylation sites (tertiary alicyclic amines) is 1. The number of methoxy groups -OCH3 is 2. The molecule has 3 atom stereocenters. The SMILES string of the molecule is COc1ccc(C23CCC(NC(=O)c4cccc(Cl)c4)CC2CN(C)C3)cc1OC. The number of carbonyl (C=O) groups excluding carboxylic acids is 1. The third-order valence-electron chi connectivity index (χ3n) is 6.75. The van der Waals surface area contributed by atoms with Crippen LogP contribution in [-0.4, -0.2) is 51.2 Å². The van der Waals surface area contributed by atoms with Gasteiger partial charge in [0.2, 0.25) is 0 Å². The summed E-state index contributed by atoms with van der Waals surface area (Å²) < 4.78 is 11.0. The molecule has 0 aromatic heterocycles. The highest BCUT2D eigenvalue weighted by Crippen LogP contribution is 2.49. The van der Waals surface area contributed by atoms with Crippen LogP contribution in [0.3, 0.4) is 0 Å². The Kier molecular flexibility index (Phi) is 5.94. The third-order valence-corrected chi connectivity index (χ3v) is 6.99. The maximum atomic E-state index is 12.7. The summed E-state index contributed by atoms with van der Waals surface area (Å²) in [6.07, 6.45) is 2.94. The smallest absolute Gasteiger partial charge is 0.251 e. The van der Waals surface area contributed by atoms with Gasteiger partial charge in [-0.25, -0.2) is 0 Å². The van der Waals surface area contributed by atoms with E-state index >= 15 is 0 Å². The van der Waals surface area contributed by atoms with Crippen molar-refractivity contribution in [3.63, 3.8) is 0 Å². The fraction of sp³-hybridized carbons (Fsp3) is 0.458. The van der Waals surface area contributed by atoms with E-state index in [1.54, 1.807) is 32.4 Å². The fourth-order valence-corrected chi connectivity index (χ4v) is 5.54. The highest BCUT2D eigenvalue weighted by atomic mass is 35.5. The first-order valence-corrected chi connectivity index (χ1v) is 10.8. The van der Waals surface area contributed by atoms with E-state index in [4.69, 9.17) is 21.1 Å². The average Bonchev–Trinajstić information content (AvgIpc) is 3.09. The molecule has 30 heavy (non-hydrogen) atoms. The number of carbonyl (C=O) groups is 1. The van der Waals surface area contributed by atoms with Gasteiger partial charge in [0.25, 0.3) is 5.91 Å². The van der Waals surface area contributed by atoms with Crippen LogP contribution in [0.2, 0.25) is 5.02 Å². The molecule has 1 N–H and O–H groups in total. The summed E-state index contributed by atoms with van der Waals surface area (Å²) >= 11 is 6.05. The lowest BCUT2D eigenvalue weighted by Crippen LogP contribution is -2.47. The number of hydrogen-bond acceptors (Lipinski definition) is 4. The molecule has 0 spiro atoms. The number of hydrogen-bond donors (Lipinski definition) is 1. The van der Waals surface area contributed by atoms with Crippen LogP contribution in [0.15, 0.2) is 42.5 Å². The third kappa shape index (κ3) is 3.88. The average molecular weight is 429 g/mol.